The first kappa shape index (κ1) is 19.7. The molecule has 21 heavy (non-hydrogen) atoms. The van der Waals surface area contributed by atoms with Crippen LogP contribution >= 0.6 is 7.82 Å². The first-order valence-electron chi connectivity index (χ1n) is 6.09. The van der Waals surface area contributed by atoms with Gasteiger partial charge in [0, 0.05) is 18.7 Å². The summed E-state index contributed by atoms with van der Waals surface area (Å²) in [6.45, 7) is 0.103. The van der Waals surface area contributed by atoms with Crippen LogP contribution < -0.4 is 5.73 Å². The number of rotatable bonds is 4. The van der Waals surface area contributed by atoms with E-state index in [4.69, 9.17) is 9.79 Å². The van der Waals surface area contributed by atoms with E-state index < -0.39 is 7.82 Å². The zero-order chi connectivity index (χ0) is 16.1. The van der Waals surface area contributed by atoms with E-state index in [9.17, 15) is 4.57 Å². The summed E-state index contributed by atoms with van der Waals surface area (Å²) in [7, 11) is -1.36. The van der Waals surface area contributed by atoms with Crippen LogP contribution in [0.15, 0.2) is 42.6 Å². The molecule has 1 aromatic heterocycles. The summed E-state index contributed by atoms with van der Waals surface area (Å²) in [5.41, 5.74) is 5.56. The molecule has 2 aromatic rings. The van der Waals surface area contributed by atoms with Crippen LogP contribution in [0, 0.1) is 0 Å². The molecule has 1 aromatic carbocycles. The van der Waals surface area contributed by atoms with Crippen LogP contribution in [0.3, 0.4) is 0 Å². The second-order valence-corrected chi connectivity index (χ2v) is 4.75. The van der Waals surface area contributed by atoms with Crippen LogP contribution in [0.4, 0.5) is 0 Å². The average Bonchev–Trinajstić information content (AvgIpc) is 2.49. The number of phosphoric acid groups is 1. The molecule has 0 unspecified atom stereocenters. The van der Waals surface area contributed by atoms with Gasteiger partial charge in [-0.3, -0.25) is 9.51 Å². The van der Waals surface area contributed by atoms with Gasteiger partial charge in [0.1, 0.15) is 0 Å². The van der Waals surface area contributed by atoms with Gasteiger partial charge < -0.3 is 20.3 Å². The highest BCUT2D eigenvalue weighted by molar-refractivity contribution is 7.46. The Kier molecular flexibility index (Phi) is 10.6. The van der Waals surface area contributed by atoms with Crippen LogP contribution in [0.1, 0.15) is 0 Å². The number of hydrogen-bond donors (Lipinski definition) is 3. The van der Waals surface area contributed by atoms with Crippen molar-refractivity contribution in [1.29, 1.82) is 0 Å². The fraction of sp³-hybridized carbons (Fsp3) is 0.308. The van der Waals surface area contributed by atoms with Gasteiger partial charge >= 0.3 is 7.82 Å². The molecule has 118 valence electrons. The van der Waals surface area contributed by atoms with Crippen LogP contribution in [-0.4, -0.2) is 42.1 Å². The number of ether oxygens (including phenoxy) is 1. The third-order valence-electron chi connectivity index (χ3n) is 2.06. The largest absolute Gasteiger partial charge is 0.469 e. The maximum absolute atomic E-state index is 9.92. The normalized spacial score (nSPS) is 10.1. The van der Waals surface area contributed by atoms with E-state index >= 15 is 0 Å². The van der Waals surface area contributed by atoms with Crippen LogP contribution in [0.5, 0.6) is 0 Å². The Balaban J connectivity index is 0.000000344. The Hall–Kier alpha value is -1.34. The number of nitrogens with two attached hydrogens (primary N) is 1. The SMILES string of the molecule is CN.COCCOP(=O)(O)O.c1ccc2ncccc2c1. The quantitative estimate of drug-likeness (QED) is 0.579. The lowest BCUT2D eigenvalue weighted by Crippen LogP contribution is -1.99. The summed E-state index contributed by atoms with van der Waals surface area (Å²) in [5.74, 6) is 0. The third kappa shape index (κ3) is 10.1. The fourth-order valence-corrected chi connectivity index (χ4v) is 1.57. The Bertz CT molecular complexity index is 481. The third-order valence-corrected chi connectivity index (χ3v) is 2.58. The molecule has 2 rings (SSSR count). The van der Waals surface area contributed by atoms with Crippen LogP contribution in [0.2, 0.25) is 0 Å². The second-order valence-electron chi connectivity index (χ2n) is 3.51. The highest BCUT2D eigenvalue weighted by atomic mass is 31.2. The van der Waals surface area contributed by atoms with Gasteiger partial charge in [0.05, 0.1) is 18.7 Å². The first-order valence-corrected chi connectivity index (χ1v) is 7.62. The van der Waals surface area contributed by atoms with E-state index in [-0.39, 0.29) is 13.2 Å². The molecule has 0 fully saturated rings. The number of aromatic nitrogens is 1. The van der Waals surface area contributed by atoms with E-state index in [1.807, 2.05) is 30.5 Å². The summed E-state index contributed by atoms with van der Waals surface area (Å²) in [5, 5.41) is 1.20. The average molecular weight is 316 g/mol. The van der Waals surface area contributed by atoms with E-state index in [1.54, 1.807) is 0 Å². The molecule has 0 spiro atoms. The minimum Gasteiger partial charge on any atom is -0.382 e. The summed E-state index contributed by atoms with van der Waals surface area (Å²) in [6.07, 6.45) is 1.81. The molecule has 0 bridgehead atoms. The molecule has 0 radical (unpaired) electrons. The minimum absolute atomic E-state index is 0.0826. The van der Waals surface area contributed by atoms with Gasteiger partial charge in [-0.05, 0) is 19.2 Å². The molecule has 0 saturated heterocycles. The van der Waals surface area contributed by atoms with Gasteiger partial charge in [0.25, 0.3) is 0 Å². The van der Waals surface area contributed by atoms with Crippen molar-refractivity contribution in [1.82, 2.24) is 4.98 Å². The lowest BCUT2D eigenvalue weighted by Gasteiger charge is -2.02. The van der Waals surface area contributed by atoms with Gasteiger partial charge in [0.15, 0.2) is 0 Å². The molecule has 0 aliphatic heterocycles. The number of pyridine rings is 1. The van der Waals surface area contributed by atoms with Crippen LogP contribution in [-0.2, 0) is 13.8 Å². The molecule has 0 atom stereocenters. The Morgan fingerprint density at radius 2 is 1.76 bits per heavy atom. The van der Waals surface area contributed by atoms with Gasteiger partial charge in [0.2, 0.25) is 0 Å². The van der Waals surface area contributed by atoms with Crippen molar-refractivity contribution in [3.8, 4) is 0 Å². The standard InChI is InChI=1S/C9H7N.C3H9O5P.CH5N/c1-2-6-9-8(4-1)5-3-7-10-9;1-7-2-3-8-9(4,5)6;1-2/h1-7H;2-3H2,1H3,(H2,4,5,6);2H2,1H3. The van der Waals surface area contributed by atoms with Gasteiger partial charge in [-0.25, -0.2) is 4.57 Å². The lowest BCUT2D eigenvalue weighted by atomic mass is 10.2. The number of hydrogen-bond acceptors (Lipinski definition) is 5. The smallest absolute Gasteiger partial charge is 0.382 e. The zero-order valence-corrected chi connectivity index (χ0v) is 12.9. The van der Waals surface area contributed by atoms with Gasteiger partial charge in [-0.1, -0.05) is 24.3 Å². The van der Waals surface area contributed by atoms with Crippen molar-refractivity contribution < 1.29 is 23.6 Å². The molecule has 1 heterocycles. The maximum atomic E-state index is 9.92. The van der Waals surface area contributed by atoms with Crippen molar-refractivity contribution in [3.05, 3.63) is 42.6 Å². The molecular weight excluding hydrogens is 295 g/mol. The summed E-state index contributed by atoms with van der Waals surface area (Å²) in [6, 6.07) is 12.1. The predicted octanol–water partition coefficient (Wildman–Crippen LogP) is 1.55. The molecule has 0 amide bonds. The number of para-hydroxylation sites is 1. The van der Waals surface area contributed by atoms with E-state index in [2.05, 4.69) is 32.1 Å². The number of nitrogens with zero attached hydrogens (tertiary/aromatic N) is 1. The predicted molar refractivity (Wildman–Crippen MR) is 81.7 cm³/mol. The van der Waals surface area contributed by atoms with Crippen molar-refractivity contribution in [2.45, 2.75) is 0 Å². The van der Waals surface area contributed by atoms with Crippen molar-refractivity contribution >= 4 is 18.7 Å². The maximum Gasteiger partial charge on any atom is 0.469 e. The van der Waals surface area contributed by atoms with Crippen molar-refractivity contribution in [2.24, 2.45) is 5.73 Å². The molecule has 0 saturated carbocycles. The van der Waals surface area contributed by atoms with Gasteiger partial charge in [-0.2, -0.15) is 0 Å². The van der Waals surface area contributed by atoms with E-state index in [0.29, 0.717) is 0 Å². The summed E-state index contributed by atoms with van der Waals surface area (Å²) < 4.78 is 18.4. The molecule has 4 N–H and O–H groups in total. The number of phosphoric ester groups is 1. The summed E-state index contributed by atoms with van der Waals surface area (Å²) in [4.78, 5) is 20.3. The topological polar surface area (TPSA) is 115 Å². The molecule has 7 nitrogen and oxygen atoms in total. The second kappa shape index (κ2) is 11.3. The number of fused-ring (bicyclic) bond motifs is 1. The fourth-order valence-electron chi connectivity index (χ4n) is 1.26. The van der Waals surface area contributed by atoms with Crippen molar-refractivity contribution in [3.63, 3.8) is 0 Å². The Morgan fingerprint density at radius 3 is 2.33 bits per heavy atom. The summed E-state index contributed by atoms with van der Waals surface area (Å²) >= 11 is 0. The molecular formula is C13H21N2O5P. The highest BCUT2D eigenvalue weighted by Crippen LogP contribution is 2.35. The lowest BCUT2D eigenvalue weighted by molar-refractivity contribution is 0.120. The number of methoxy groups -OCH3 is 1. The molecule has 0 aliphatic rings. The monoisotopic (exact) mass is 316 g/mol. The minimum atomic E-state index is -4.28. The number of benzene rings is 1. The first-order chi connectivity index (χ1) is 10.0. The zero-order valence-electron chi connectivity index (χ0n) is 12.0. The molecule has 8 heteroatoms. The molecule has 0 aliphatic carbocycles. The van der Waals surface area contributed by atoms with Crippen molar-refractivity contribution in [2.75, 3.05) is 27.4 Å². The van der Waals surface area contributed by atoms with E-state index in [1.165, 1.54) is 19.5 Å². The van der Waals surface area contributed by atoms with E-state index in [0.717, 1.165) is 5.52 Å². The van der Waals surface area contributed by atoms with Crippen LogP contribution in [0.25, 0.3) is 10.9 Å². The Labute approximate surface area is 124 Å². The Morgan fingerprint density at radius 1 is 1.14 bits per heavy atom. The highest BCUT2D eigenvalue weighted by Gasteiger charge is 2.11. The van der Waals surface area contributed by atoms with Gasteiger partial charge in [-0.15, -0.1) is 0 Å².